The van der Waals surface area contributed by atoms with Crippen molar-refractivity contribution in [3.05, 3.63) is 95.6 Å². The molecule has 3 aromatic rings. The quantitative estimate of drug-likeness (QED) is 0.618. The summed E-state index contributed by atoms with van der Waals surface area (Å²) in [6, 6.07) is 25.7. The largest absolute Gasteiger partial charge is 0.504 e. The fraction of sp³-hybridized carbons (Fsp3) is 0.208. The van der Waals surface area contributed by atoms with Gasteiger partial charge in [-0.3, -0.25) is 4.79 Å². The van der Waals surface area contributed by atoms with Crippen LogP contribution in [0.3, 0.4) is 0 Å². The summed E-state index contributed by atoms with van der Waals surface area (Å²) in [6.45, 7) is 0.586. The normalized spacial score (nSPS) is 10.6. The van der Waals surface area contributed by atoms with Crippen LogP contribution in [-0.2, 0) is 11.2 Å². The number of carbonyl (C=O) groups is 1. The summed E-state index contributed by atoms with van der Waals surface area (Å²) in [5.74, 6) is 0.628. The molecular formula is C24H25NO3. The van der Waals surface area contributed by atoms with E-state index in [1.165, 1.54) is 18.2 Å². The van der Waals surface area contributed by atoms with Crippen molar-refractivity contribution in [1.29, 1.82) is 0 Å². The molecule has 4 nitrogen and oxygen atoms in total. The molecule has 0 aliphatic carbocycles. The molecule has 3 rings (SSSR count). The average molecular weight is 375 g/mol. The number of aromatic hydroxyl groups is 1. The first-order valence-electron chi connectivity index (χ1n) is 9.40. The molecule has 0 aliphatic rings. The second-order valence-corrected chi connectivity index (χ2v) is 6.70. The standard InChI is InChI=1S/C24H25NO3/c1-28-23-16-18(12-13-22(23)26)17-24(27)25-15-14-21(19-8-4-2-5-9-19)20-10-6-3-7-11-20/h2-13,16,21,26H,14-15,17H2,1H3,(H,25,27). The summed E-state index contributed by atoms with van der Waals surface area (Å²) in [5, 5.41) is 12.7. The Hall–Kier alpha value is -3.27. The number of amides is 1. The third kappa shape index (κ3) is 5.13. The van der Waals surface area contributed by atoms with Crippen LogP contribution in [0.1, 0.15) is 29.0 Å². The lowest BCUT2D eigenvalue weighted by atomic mass is 9.88. The molecule has 0 spiro atoms. The zero-order chi connectivity index (χ0) is 19.8. The highest BCUT2D eigenvalue weighted by Crippen LogP contribution is 2.28. The number of phenolic OH excluding ortho intramolecular Hbond substituents is 1. The highest BCUT2D eigenvalue weighted by atomic mass is 16.5. The van der Waals surface area contributed by atoms with Crippen molar-refractivity contribution in [3.63, 3.8) is 0 Å². The van der Waals surface area contributed by atoms with E-state index in [2.05, 4.69) is 29.6 Å². The second kappa shape index (κ2) is 9.60. The third-order valence-corrected chi connectivity index (χ3v) is 4.77. The molecule has 1 amide bonds. The van der Waals surface area contributed by atoms with E-state index in [4.69, 9.17) is 4.74 Å². The summed E-state index contributed by atoms with van der Waals surface area (Å²) in [7, 11) is 1.49. The van der Waals surface area contributed by atoms with E-state index in [1.807, 2.05) is 36.4 Å². The van der Waals surface area contributed by atoms with Gasteiger partial charge in [-0.1, -0.05) is 66.7 Å². The first-order valence-corrected chi connectivity index (χ1v) is 9.40. The van der Waals surface area contributed by atoms with Gasteiger partial charge in [0.2, 0.25) is 5.91 Å². The number of rotatable bonds is 8. The smallest absolute Gasteiger partial charge is 0.224 e. The van der Waals surface area contributed by atoms with Gasteiger partial charge < -0.3 is 15.2 Å². The van der Waals surface area contributed by atoms with E-state index < -0.39 is 0 Å². The number of phenols is 1. The maximum absolute atomic E-state index is 12.3. The van der Waals surface area contributed by atoms with Gasteiger partial charge in [-0.05, 0) is 35.2 Å². The minimum Gasteiger partial charge on any atom is -0.504 e. The second-order valence-electron chi connectivity index (χ2n) is 6.70. The van der Waals surface area contributed by atoms with Crippen LogP contribution in [0.5, 0.6) is 11.5 Å². The molecule has 144 valence electrons. The van der Waals surface area contributed by atoms with E-state index >= 15 is 0 Å². The molecule has 4 heteroatoms. The Morgan fingerprint density at radius 2 is 1.57 bits per heavy atom. The lowest BCUT2D eigenvalue weighted by Crippen LogP contribution is -2.27. The van der Waals surface area contributed by atoms with Crippen LogP contribution in [0, 0.1) is 0 Å². The van der Waals surface area contributed by atoms with Gasteiger partial charge in [0.1, 0.15) is 0 Å². The van der Waals surface area contributed by atoms with Gasteiger partial charge in [0.25, 0.3) is 0 Å². The molecule has 0 atom stereocenters. The number of carbonyl (C=O) groups excluding carboxylic acids is 1. The van der Waals surface area contributed by atoms with E-state index in [0.717, 1.165) is 12.0 Å². The van der Waals surface area contributed by atoms with Crippen LogP contribution in [0.4, 0.5) is 0 Å². The highest BCUT2D eigenvalue weighted by molar-refractivity contribution is 5.78. The summed E-state index contributed by atoms with van der Waals surface area (Å²) in [4.78, 5) is 12.3. The predicted molar refractivity (Wildman–Crippen MR) is 111 cm³/mol. The predicted octanol–water partition coefficient (Wildman–Crippen LogP) is 4.28. The average Bonchev–Trinajstić information content (AvgIpc) is 2.74. The van der Waals surface area contributed by atoms with Crippen LogP contribution < -0.4 is 10.1 Å². The number of methoxy groups -OCH3 is 1. The van der Waals surface area contributed by atoms with Crippen molar-refractivity contribution in [2.24, 2.45) is 0 Å². The summed E-state index contributed by atoms with van der Waals surface area (Å²) >= 11 is 0. The van der Waals surface area contributed by atoms with Gasteiger partial charge in [-0.2, -0.15) is 0 Å². The Bertz CT molecular complexity index is 855. The Morgan fingerprint density at radius 3 is 2.14 bits per heavy atom. The van der Waals surface area contributed by atoms with Crippen molar-refractivity contribution >= 4 is 5.91 Å². The number of ether oxygens (including phenoxy) is 1. The first kappa shape index (κ1) is 19.5. The molecule has 0 heterocycles. The number of benzene rings is 3. The topological polar surface area (TPSA) is 58.6 Å². The summed E-state index contributed by atoms with van der Waals surface area (Å²) in [6.07, 6.45) is 1.07. The fourth-order valence-electron chi connectivity index (χ4n) is 3.33. The summed E-state index contributed by atoms with van der Waals surface area (Å²) in [5.41, 5.74) is 3.28. The van der Waals surface area contributed by atoms with E-state index in [9.17, 15) is 9.90 Å². The van der Waals surface area contributed by atoms with Gasteiger partial charge in [-0.15, -0.1) is 0 Å². The molecule has 0 radical (unpaired) electrons. The maximum atomic E-state index is 12.3. The van der Waals surface area contributed by atoms with Gasteiger partial charge in [0.15, 0.2) is 11.5 Å². The molecule has 0 bridgehead atoms. The zero-order valence-corrected chi connectivity index (χ0v) is 16.0. The van der Waals surface area contributed by atoms with Crippen LogP contribution >= 0.6 is 0 Å². The molecule has 0 aromatic heterocycles. The Kier molecular flexibility index (Phi) is 6.68. The highest BCUT2D eigenvalue weighted by Gasteiger charge is 2.14. The molecule has 28 heavy (non-hydrogen) atoms. The van der Waals surface area contributed by atoms with E-state index in [-0.39, 0.29) is 24.0 Å². The van der Waals surface area contributed by atoms with Gasteiger partial charge >= 0.3 is 0 Å². The van der Waals surface area contributed by atoms with Crippen LogP contribution in [0.15, 0.2) is 78.9 Å². The summed E-state index contributed by atoms with van der Waals surface area (Å²) < 4.78 is 5.10. The van der Waals surface area contributed by atoms with Crippen molar-refractivity contribution < 1.29 is 14.6 Å². The monoisotopic (exact) mass is 375 g/mol. The van der Waals surface area contributed by atoms with Crippen molar-refractivity contribution in [2.45, 2.75) is 18.8 Å². The van der Waals surface area contributed by atoms with Crippen molar-refractivity contribution in [3.8, 4) is 11.5 Å². The minimum atomic E-state index is -0.0485. The van der Waals surface area contributed by atoms with Gasteiger partial charge in [0, 0.05) is 12.5 Å². The zero-order valence-electron chi connectivity index (χ0n) is 16.0. The molecule has 0 saturated carbocycles. The van der Waals surface area contributed by atoms with Crippen molar-refractivity contribution in [1.82, 2.24) is 5.32 Å². The Morgan fingerprint density at radius 1 is 0.964 bits per heavy atom. The number of hydrogen-bond acceptors (Lipinski definition) is 3. The van der Waals surface area contributed by atoms with E-state index in [1.54, 1.807) is 18.2 Å². The van der Waals surface area contributed by atoms with Gasteiger partial charge in [0.05, 0.1) is 13.5 Å². The molecule has 0 fully saturated rings. The molecule has 0 aliphatic heterocycles. The lowest BCUT2D eigenvalue weighted by Gasteiger charge is -2.18. The van der Waals surface area contributed by atoms with E-state index in [0.29, 0.717) is 12.3 Å². The number of nitrogens with one attached hydrogen (secondary N) is 1. The molecule has 3 aromatic carbocycles. The molecular weight excluding hydrogens is 350 g/mol. The fourth-order valence-corrected chi connectivity index (χ4v) is 3.33. The molecule has 2 N–H and O–H groups in total. The van der Waals surface area contributed by atoms with Crippen LogP contribution in [0.2, 0.25) is 0 Å². The molecule has 0 unspecified atom stereocenters. The van der Waals surface area contributed by atoms with Gasteiger partial charge in [-0.25, -0.2) is 0 Å². The maximum Gasteiger partial charge on any atom is 0.224 e. The SMILES string of the molecule is COc1cc(CC(=O)NCCC(c2ccccc2)c2ccccc2)ccc1O. The lowest BCUT2D eigenvalue weighted by molar-refractivity contribution is -0.120. The Labute approximate surface area is 165 Å². The third-order valence-electron chi connectivity index (χ3n) is 4.77. The van der Waals surface area contributed by atoms with Crippen molar-refractivity contribution in [2.75, 3.05) is 13.7 Å². The Balaban J connectivity index is 1.60. The minimum absolute atomic E-state index is 0.0485. The number of hydrogen-bond donors (Lipinski definition) is 2. The van der Waals surface area contributed by atoms with Crippen LogP contribution in [-0.4, -0.2) is 24.7 Å². The van der Waals surface area contributed by atoms with Crippen LogP contribution in [0.25, 0.3) is 0 Å². The first-order chi connectivity index (χ1) is 13.7. The molecule has 0 saturated heterocycles.